The lowest BCUT2D eigenvalue weighted by molar-refractivity contribution is -0.385. The molecular weight excluding hydrogens is 335 g/mol. The Morgan fingerprint density at radius 2 is 2.29 bits per heavy atom. The zero-order chi connectivity index (χ0) is 12.4. The maximum Gasteiger partial charge on any atom is 0.287 e. The van der Waals surface area contributed by atoms with E-state index in [1.54, 1.807) is 23.1 Å². The van der Waals surface area contributed by atoms with E-state index in [2.05, 4.69) is 27.7 Å². The average molecular weight is 340 g/mol. The molecule has 0 spiro atoms. The van der Waals surface area contributed by atoms with Crippen molar-refractivity contribution < 1.29 is 4.92 Å². The summed E-state index contributed by atoms with van der Waals surface area (Å²) in [5.74, 6) is 0. The van der Waals surface area contributed by atoms with Crippen molar-refractivity contribution >= 4 is 28.3 Å². The first-order valence-electron chi connectivity index (χ1n) is 4.51. The van der Waals surface area contributed by atoms with Crippen LogP contribution in [-0.2, 0) is 0 Å². The summed E-state index contributed by atoms with van der Waals surface area (Å²) in [6.07, 6.45) is 3.43. The van der Waals surface area contributed by atoms with Gasteiger partial charge in [-0.25, -0.2) is 4.68 Å². The molecule has 0 bridgehead atoms. The normalized spacial score (nSPS) is 9.88. The van der Waals surface area contributed by atoms with Gasteiger partial charge in [-0.2, -0.15) is 10.4 Å². The van der Waals surface area contributed by atoms with Gasteiger partial charge in [-0.05, 0) is 34.7 Å². The Bertz CT molecular complexity index is 629. The van der Waals surface area contributed by atoms with Gasteiger partial charge in [-0.15, -0.1) is 0 Å². The van der Waals surface area contributed by atoms with E-state index >= 15 is 0 Å². The number of nitrogens with zero attached hydrogens (tertiary/aromatic N) is 4. The van der Waals surface area contributed by atoms with Crippen molar-refractivity contribution in [1.29, 1.82) is 5.26 Å². The maximum atomic E-state index is 10.7. The molecule has 1 aromatic carbocycles. The molecule has 0 N–H and O–H groups in total. The van der Waals surface area contributed by atoms with Crippen LogP contribution in [0.2, 0.25) is 0 Å². The Labute approximate surface area is 110 Å². The van der Waals surface area contributed by atoms with Crippen molar-refractivity contribution in [2.75, 3.05) is 0 Å². The van der Waals surface area contributed by atoms with E-state index in [1.807, 2.05) is 6.07 Å². The number of halogens is 1. The lowest BCUT2D eigenvalue weighted by Crippen LogP contribution is -1.98. The Hall–Kier alpha value is -1.95. The molecule has 0 fully saturated rings. The maximum absolute atomic E-state index is 10.7. The summed E-state index contributed by atoms with van der Waals surface area (Å²) in [5, 5.41) is 23.6. The molecule has 2 aromatic rings. The Kier molecular flexibility index (Phi) is 3.06. The summed E-state index contributed by atoms with van der Waals surface area (Å²) >= 11 is 2.11. The van der Waals surface area contributed by atoms with Gasteiger partial charge < -0.3 is 0 Å². The highest BCUT2D eigenvalue weighted by Crippen LogP contribution is 2.21. The summed E-state index contributed by atoms with van der Waals surface area (Å²) < 4.78 is 2.51. The monoisotopic (exact) mass is 340 g/mol. The minimum absolute atomic E-state index is 0.0259. The summed E-state index contributed by atoms with van der Waals surface area (Å²) in [7, 11) is 0. The molecule has 7 heteroatoms. The molecular formula is C10H5IN4O2. The number of benzene rings is 1. The number of hydrogen-bond donors (Lipinski definition) is 0. The van der Waals surface area contributed by atoms with E-state index in [4.69, 9.17) is 5.26 Å². The van der Waals surface area contributed by atoms with Crippen LogP contribution in [0.4, 0.5) is 5.69 Å². The van der Waals surface area contributed by atoms with Gasteiger partial charge in [-0.3, -0.25) is 10.1 Å². The van der Waals surface area contributed by atoms with Gasteiger partial charge in [0.15, 0.2) is 0 Å². The van der Waals surface area contributed by atoms with Crippen LogP contribution in [0.15, 0.2) is 30.6 Å². The number of nitro benzene ring substituents is 1. The molecule has 0 unspecified atom stereocenters. The second-order valence-corrected chi connectivity index (χ2v) is 4.42. The minimum atomic E-state index is -0.574. The number of aromatic nitrogens is 2. The smallest absolute Gasteiger partial charge is 0.258 e. The van der Waals surface area contributed by atoms with Crippen LogP contribution in [0.3, 0.4) is 0 Å². The van der Waals surface area contributed by atoms with Gasteiger partial charge in [0.05, 0.1) is 20.4 Å². The summed E-state index contributed by atoms with van der Waals surface area (Å²) in [6, 6.07) is 6.12. The van der Waals surface area contributed by atoms with Gasteiger partial charge >= 0.3 is 0 Å². The van der Waals surface area contributed by atoms with Crippen LogP contribution < -0.4 is 0 Å². The molecule has 1 aromatic heterocycles. The predicted molar refractivity (Wildman–Crippen MR) is 67.7 cm³/mol. The number of nitriles is 1. The summed E-state index contributed by atoms with van der Waals surface area (Å²) in [4.78, 5) is 10.1. The second-order valence-electron chi connectivity index (χ2n) is 3.17. The van der Waals surface area contributed by atoms with E-state index < -0.39 is 4.92 Å². The van der Waals surface area contributed by atoms with E-state index in [-0.39, 0.29) is 11.3 Å². The molecule has 0 saturated carbocycles. The number of hydrogen-bond acceptors (Lipinski definition) is 4. The molecule has 2 rings (SSSR count). The largest absolute Gasteiger partial charge is 0.287 e. The van der Waals surface area contributed by atoms with Crippen molar-refractivity contribution in [3.05, 3.63) is 49.8 Å². The van der Waals surface area contributed by atoms with E-state index in [9.17, 15) is 10.1 Å². The van der Waals surface area contributed by atoms with Crippen molar-refractivity contribution in [2.45, 2.75) is 0 Å². The van der Waals surface area contributed by atoms with Crippen LogP contribution in [-0.4, -0.2) is 14.7 Å². The lowest BCUT2D eigenvalue weighted by Gasteiger charge is -2.01. The highest BCUT2D eigenvalue weighted by molar-refractivity contribution is 14.1. The molecule has 17 heavy (non-hydrogen) atoms. The van der Waals surface area contributed by atoms with Crippen molar-refractivity contribution in [1.82, 2.24) is 9.78 Å². The molecule has 84 valence electrons. The SMILES string of the molecule is N#Cc1cc(-n2cc(I)cn2)ccc1[N+](=O)[O-]. The molecule has 0 atom stereocenters. The second kappa shape index (κ2) is 4.50. The molecule has 6 nitrogen and oxygen atoms in total. The zero-order valence-corrected chi connectivity index (χ0v) is 10.5. The Balaban J connectivity index is 2.53. The first-order chi connectivity index (χ1) is 8.11. The Morgan fingerprint density at radius 3 is 2.82 bits per heavy atom. The standard InChI is InChI=1S/C10H5IN4O2/c11-8-5-13-14(6-8)9-1-2-10(15(16)17)7(3-9)4-12/h1-3,5-6H. The minimum Gasteiger partial charge on any atom is -0.258 e. The molecule has 0 saturated heterocycles. The highest BCUT2D eigenvalue weighted by atomic mass is 127. The Morgan fingerprint density at radius 1 is 1.53 bits per heavy atom. The van der Waals surface area contributed by atoms with Crippen LogP contribution in [0.5, 0.6) is 0 Å². The van der Waals surface area contributed by atoms with Gasteiger partial charge in [0.25, 0.3) is 5.69 Å². The van der Waals surface area contributed by atoms with Crippen molar-refractivity contribution in [3.63, 3.8) is 0 Å². The zero-order valence-electron chi connectivity index (χ0n) is 8.37. The quantitative estimate of drug-likeness (QED) is 0.477. The third-order valence-electron chi connectivity index (χ3n) is 2.11. The van der Waals surface area contributed by atoms with Crippen LogP contribution in [0.1, 0.15) is 5.56 Å². The number of rotatable bonds is 2. The van der Waals surface area contributed by atoms with Crippen LogP contribution in [0.25, 0.3) is 5.69 Å². The molecule has 0 aliphatic carbocycles. The van der Waals surface area contributed by atoms with E-state index in [1.165, 1.54) is 12.1 Å². The van der Waals surface area contributed by atoms with Gasteiger partial charge in [0.2, 0.25) is 0 Å². The third-order valence-corrected chi connectivity index (χ3v) is 2.67. The van der Waals surface area contributed by atoms with Gasteiger partial charge in [-0.1, -0.05) is 0 Å². The molecule has 0 radical (unpaired) electrons. The summed E-state index contributed by atoms with van der Waals surface area (Å²) in [6.45, 7) is 0. The molecule has 0 aliphatic heterocycles. The van der Waals surface area contributed by atoms with E-state index in [0.717, 1.165) is 3.57 Å². The summed E-state index contributed by atoms with van der Waals surface area (Å²) in [5.41, 5.74) is 0.450. The number of nitro groups is 1. The van der Waals surface area contributed by atoms with Crippen LogP contribution in [0, 0.1) is 25.0 Å². The fourth-order valence-electron chi connectivity index (χ4n) is 1.36. The topological polar surface area (TPSA) is 84.8 Å². The fourth-order valence-corrected chi connectivity index (χ4v) is 1.75. The first kappa shape index (κ1) is 11.5. The van der Waals surface area contributed by atoms with Crippen molar-refractivity contribution in [2.24, 2.45) is 0 Å². The molecule has 1 heterocycles. The third kappa shape index (κ3) is 2.26. The predicted octanol–water partition coefficient (Wildman–Crippen LogP) is 2.26. The van der Waals surface area contributed by atoms with Crippen molar-refractivity contribution in [3.8, 4) is 11.8 Å². The van der Waals surface area contributed by atoms with Gasteiger partial charge in [0, 0.05) is 12.3 Å². The van der Waals surface area contributed by atoms with Gasteiger partial charge in [0.1, 0.15) is 11.6 Å². The average Bonchev–Trinajstić information content (AvgIpc) is 2.75. The van der Waals surface area contributed by atoms with Crippen LogP contribution >= 0.6 is 22.6 Å². The van der Waals surface area contributed by atoms with E-state index in [0.29, 0.717) is 5.69 Å². The molecule has 0 amide bonds. The highest BCUT2D eigenvalue weighted by Gasteiger charge is 2.14. The molecule has 0 aliphatic rings. The lowest BCUT2D eigenvalue weighted by atomic mass is 10.2. The fraction of sp³-hybridized carbons (Fsp3) is 0. The first-order valence-corrected chi connectivity index (χ1v) is 5.59.